The maximum atomic E-state index is 12.8. The second kappa shape index (κ2) is 6.65. The van der Waals surface area contributed by atoms with Crippen LogP contribution in [-0.2, 0) is 0 Å². The Balaban J connectivity index is 1.55. The summed E-state index contributed by atoms with van der Waals surface area (Å²) in [7, 11) is 0. The highest BCUT2D eigenvalue weighted by atomic mass is 32.1. The molecule has 1 saturated heterocycles. The third-order valence-corrected chi connectivity index (χ3v) is 5.58. The monoisotopic (exact) mass is 359 g/mol. The number of rotatable bonds is 2. The molecule has 0 spiro atoms. The molecule has 1 aromatic carbocycles. The Morgan fingerprint density at radius 1 is 1.32 bits per heavy atom. The fourth-order valence-electron chi connectivity index (χ4n) is 3.34. The summed E-state index contributed by atoms with van der Waals surface area (Å²) >= 11 is 1.47. The molecule has 1 aromatic heterocycles. The molecule has 3 heterocycles. The molecule has 2 N–H and O–H groups in total. The highest BCUT2D eigenvalue weighted by molar-refractivity contribution is 7.13. The maximum absolute atomic E-state index is 12.8. The zero-order valence-electron chi connectivity index (χ0n) is 14.1. The van der Waals surface area contributed by atoms with E-state index in [4.69, 9.17) is 15.2 Å². The lowest BCUT2D eigenvalue weighted by Crippen LogP contribution is -2.48. The van der Waals surface area contributed by atoms with Crippen molar-refractivity contribution in [1.82, 2.24) is 9.88 Å². The van der Waals surface area contributed by atoms with E-state index in [-0.39, 0.29) is 18.0 Å². The molecule has 1 amide bonds. The van der Waals surface area contributed by atoms with Gasteiger partial charge in [-0.05, 0) is 38.0 Å². The molecule has 132 valence electrons. The number of hydrogen-bond donors (Lipinski definition) is 1. The van der Waals surface area contributed by atoms with E-state index < -0.39 is 0 Å². The van der Waals surface area contributed by atoms with Crippen molar-refractivity contribution in [3.63, 3.8) is 0 Å². The summed E-state index contributed by atoms with van der Waals surface area (Å²) in [5.74, 6) is 1.46. The topological polar surface area (TPSA) is 77.7 Å². The lowest BCUT2D eigenvalue weighted by molar-refractivity contribution is 0.0614. The number of hydrogen-bond acceptors (Lipinski definition) is 6. The summed E-state index contributed by atoms with van der Waals surface area (Å²) < 4.78 is 11.2. The van der Waals surface area contributed by atoms with Crippen molar-refractivity contribution < 1.29 is 14.3 Å². The Kier molecular flexibility index (Phi) is 4.35. The molecule has 4 rings (SSSR count). The second-order valence-electron chi connectivity index (χ2n) is 6.53. The van der Waals surface area contributed by atoms with Crippen LogP contribution in [0.4, 0.5) is 0 Å². The minimum Gasteiger partial charge on any atom is -0.486 e. The number of carbonyl (C=O) groups excluding carboxylic acids is 1. The molecular formula is C18H21N3O3S. The summed E-state index contributed by atoms with van der Waals surface area (Å²) in [5, 5.41) is 2.64. The number of amides is 1. The normalized spacial score (nSPS) is 22.7. The molecule has 25 heavy (non-hydrogen) atoms. The predicted octanol–water partition coefficient (Wildman–Crippen LogP) is 2.53. The summed E-state index contributed by atoms with van der Waals surface area (Å²) in [6, 6.07) is 6.09. The van der Waals surface area contributed by atoms with Gasteiger partial charge in [-0.25, -0.2) is 4.98 Å². The van der Waals surface area contributed by atoms with Crippen LogP contribution in [0.25, 0.3) is 10.6 Å². The molecule has 2 atom stereocenters. The van der Waals surface area contributed by atoms with Gasteiger partial charge in [0, 0.05) is 29.6 Å². The van der Waals surface area contributed by atoms with Gasteiger partial charge < -0.3 is 20.1 Å². The minimum absolute atomic E-state index is 0.0144. The maximum Gasteiger partial charge on any atom is 0.273 e. The molecule has 0 bridgehead atoms. The van der Waals surface area contributed by atoms with Crippen LogP contribution in [0.2, 0.25) is 0 Å². The molecule has 0 radical (unpaired) electrons. The first-order valence-corrected chi connectivity index (χ1v) is 9.42. The average Bonchev–Trinajstić information content (AvgIpc) is 3.11. The van der Waals surface area contributed by atoms with E-state index in [1.807, 2.05) is 35.4 Å². The quantitative estimate of drug-likeness (QED) is 0.891. The lowest BCUT2D eigenvalue weighted by atomic mass is 9.99. The molecule has 2 aliphatic heterocycles. The zero-order chi connectivity index (χ0) is 17.4. The van der Waals surface area contributed by atoms with Gasteiger partial charge in [0.15, 0.2) is 11.5 Å². The fourth-order valence-corrected chi connectivity index (χ4v) is 4.13. The van der Waals surface area contributed by atoms with Crippen molar-refractivity contribution in [2.24, 2.45) is 5.73 Å². The van der Waals surface area contributed by atoms with Crippen LogP contribution in [0.3, 0.4) is 0 Å². The average molecular weight is 359 g/mol. The van der Waals surface area contributed by atoms with E-state index in [1.165, 1.54) is 11.3 Å². The molecule has 6 nitrogen and oxygen atoms in total. The highest BCUT2D eigenvalue weighted by Gasteiger charge is 2.29. The van der Waals surface area contributed by atoms with Crippen LogP contribution in [-0.4, -0.2) is 47.6 Å². The lowest BCUT2D eigenvalue weighted by Gasteiger charge is -2.35. The Morgan fingerprint density at radius 2 is 2.12 bits per heavy atom. The van der Waals surface area contributed by atoms with Crippen molar-refractivity contribution >= 4 is 17.2 Å². The van der Waals surface area contributed by atoms with Crippen LogP contribution in [0.1, 0.15) is 30.3 Å². The number of ether oxygens (including phenoxy) is 2. The number of carbonyl (C=O) groups is 1. The first-order chi connectivity index (χ1) is 12.1. The van der Waals surface area contributed by atoms with Crippen LogP contribution >= 0.6 is 11.3 Å². The number of likely N-dealkylation sites (tertiary alicyclic amines) is 1. The van der Waals surface area contributed by atoms with Gasteiger partial charge in [-0.1, -0.05) is 0 Å². The highest BCUT2D eigenvalue weighted by Crippen LogP contribution is 2.35. The Hall–Kier alpha value is -2.12. The number of piperidine rings is 1. The van der Waals surface area contributed by atoms with Crippen molar-refractivity contribution in [3.05, 3.63) is 29.3 Å². The van der Waals surface area contributed by atoms with Crippen molar-refractivity contribution in [3.8, 4) is 22.1 Å². The van der Waals surface area contributed by atoms with Gasteiger partial charge in [0.2, 0.25) is 0 Å². The van der Waals surface area contributed by atoms with E-state index in [9.17, 15) is 4.79 Å². The third kappa shape index (κ3) is 3.21. The van der Waals surface area contributed by atoms with E-state index >= 15 is 0 Å². The predicted molar refractivity (Wildman–Crippen MR) is 96.2 cm³/mol. The van der Waals surface area contributed by atoms with Crippen LogP contribution in [0.5, 0.6) is 11.5 Å². The number of nitrogens with two attached hydrogens (primary N) is 1. The Labute approximate surface area is 150 Å². The first-order valence-electron chi connectivity index (χ1n) is 8.54. The summed E-state index contributed by atoms with van der Waals surface area (Å²) in [4.78, 5) is 19.2. The first kappa shape index (κ1) is 16.4. The van der Waals surface area contributed by atoms with Gasteiger partial charge in [0.1, 0.15) is 23.9 Å². The number of aromatic nitrogens is 1. The van der Waals surface area contributed by atoms with Gasteiger partial charge in [0.05, 0.1) is 0 Å². The molecule has 2 aliphatic rings. The number of benzene rings is 1. The van der Waals surface area contributed by atoms with Crippen molar-refractivity contribution in [1.29, 1.82) is 0 Å². The van der Waals surface area contributed by atoms with Gasteiger partial charge >= 0.3 is 0 Å². The number of thiazole rings is 1. The van der Waals surface area contributed by atoms with E-state index in [0.29, 0.717) is 25.5 Å². The van der Waals surface area contributed by atoms with Crippen LogP contribution in [0.15, 0.2) is 23.6 Å². The zero-order valence-corrected chi connectivity index (χ0v) is 14.9. The largest absolute Gasteiger partial charge is 0.486 e. The molecular weight excluding hydrogens is 338 g/mol. The van der Waals surface area contributed by atoms with Crippen LogP contribution < -0.4 is 15.2 Å². The molecule has 2 aromatic rings. The van der Waals surface area contributed by atoms with E-state index in [2.05, 4.69) is 4.98 Å². The molecule has 0 aliphatic carbocycles. The minimum atomic E-state index is -0.0144. The van der Waals surface area contributed by atoms with Gasteiger partial charge in [-0.2, -0.15) is 0 Å². The summed E-state index contributed by atoms with van der Waals surface area (Å²) in [6.45, 7) is 3.86. The van der Waals surface area contributed by atoms with Crippen LogP contribution in [0, 0.1) is 0 Å². The summed E-state index contributed by atoms with van der Waals surface area (Å²) in [6.07, 6.45) is 1.68. The smallest absolute Gasteiger partial charge is 0.273 e. The Bertz CT molecular complexity index is 792. The third-order valence-electron chi connectivity index (χ3n) is 4.69. The molecule has 1 fully saturated rings. The fraction of sp³-hybridized carbons (Fsp3) is 0.444. The standard InChI is InChI=1S/C18H21N3O3S/c1-11-8-13(19)4-5-21(11)18(22)14-10-25-17(20-14)12-2-3-15-16(9-12)24-7-6-23-15/h2-3,9-11,13H,4-8,19H2,1H3. The second-order valence-corrected chi connectivity index (χ2v) is 7.39. The van der Waals surface area contributed by atoms with Crippen molar-refractivity contribution in [2.45, 2.75) is 31.8 Å². The molecule has 2 unspecified atom stereocenters. The molecule has 7 heteroatoms. The summed E-state index contributed by atoms with van der Waals surface area (Å²) in [5.41, 5.74) is 7.42. The van der Waals surface area contributed by atoms with Gasteiger partial charge in [-0.15, -0.1) is 11.3 Å². The number of fused-ring (bicyclic) bond motifs is 1. The van der Waals surface area contributed by atoms with E-state index in [1.54, 1.807) is 0 Å². The van der Waals surface area contributed by atoms with Gasteiger partial charge in [0.25, 0.3) is 5.91 Å². The van der Waals surface area contributed by atoms with E-state index in [0.717, 1.165) is 34.9 Å². The van der Waals surface area contributed by atoms with Gasteiger partial charge in [-0.3, -0.25) is 4.79 Å². The Morgan fingerprint density at radius 3 is 2.92 bits per heavy atom. The molecule has 0 saturated carbocycles. The van der Waals surface area contributed by atoms with Crippen molar-refractivity contribution in [2.75, 3.05) is 19.8 Å². The SMILES string of the molecule is CC1CC(N)CCN1C(=O)c1csc(-c2ccc3c(c2)OCCO3)n1. The number of nitrogens with zero attached hydrogens (tertiary/aromatic N) is 2.